The van der Waals surface area contributed by atoms with Gasteiger partial charge in [0.15, 0.2) is 17.7 Å². The highest BCUT2D eigenvalue weighted by Crippen LogP contribution is 2.74. The Hall–Kier alpha value is -2.26. The third-order valence-electron chi connectivity index (χ3n) is 10.1. The van der Waals surface area contributed by atoms with E-state index in [9.17, 15) is 28.3 Å². The molecule has 5 nitrogen and oxygen atoms in total. The fraction of sp³-hybridized carbons (Fsp3) is 0.586. The molecule has 214 valence electrons. The number of carbonyl (C=O) groups excluding carboxylic acids is 1. The van der Waals surface area contributed by atoms with Crippen LogP contribution in [0, 0.1) is 34.0 Å². The Balaban J connectivity index is 1.38. The van der Waals surface area contributed by atoms with E-state index in [1.807, 2.05) is 6.92 Å². The van der Waals surface area contributed by atoms with Gasteiger partial charge in [0.2, 0.25) is 0 Å². The highest BCUT2D eigenvalue weighted by Gasteiger charge is 2.78. The Bertz CT molecular complexity index is 1340. The van der Waals surface area contributed by atoms with Crippen molar-refractivity contribution < 1.29 is 41.3 Å². The van der Waals surface area contributed by atoms with E-state index < -0.39 is 75.5 Å². The fourth-order valence-corrected chi connectivity index (χ4v) is 9.58. The van der Waals surface area contributed by atoms with Gasteiger partial charge in [-0.2, -0.15) is 18.4 Å². The van der Waals surface area contributed by atoms with E-state index in [2.05, 4.69) is 6.07 Å². The number of halogens is 5. The number of ether oxygens (including phenoxy) is 2. The van der Waals surface area contributed by atoms with Gasteiger partial charge in [-0.25, -0.2) is 8.78 Å². The highest BCUT2D eigenvalue weighted by atomic mass is 32.2. The van der Waals surface area contributed by atoms with Crippen molar-refractivity contribution in [3.8, 4) is 6.07 Å². The molecule has 40 heavy (non-hydrogen) atoms. The van der Waals surface area contributed by atoms with Gasteiger partial charge in [-0.3, -0.25) is 4.79 Å². The second kappa shape index (κ2) is 8.87. The zero-order valence-corrected chi connectivity index (χ0v) is 22.6. The third-order valence-corrected chi connectivity index (χ3v) is 11.7. The lowest BCUT2D eigenvalue weighted by Gasteiger charge is -2.63. The van der Waals surface area contributed by atoms with E-state index >= 15 is 8.78 Å². The molecule has 1 N–H and O–H groups in total. The number of allylic oxidation sites excluding steroid dienone is 4. The quantitative estimate of drug-likeness (QED) is 0.441. The summed E-state index contributed by atoms with van der Waals surface area (Å²) < 4.78 is 85.2. The van der Waals surface area contributed by atoms with Gasteiger partial charge in [-0.15, -0.1) is 11.8 Å². The first-order valence-corrected chi connectivity index (χ1v) is 14.2. The summed E-state index contributed by atoms with van der Waals surface area (Å²) in [7, 11) is 0. The molecule has 0 bridgehead atoms. The number of thioether (sulfide) groups is 1. The van der Waals surface area contributed by atoms with Gasteiger partial charge in [-0.05, 0) is 62.0 Å². The molecule has 0 amide bonds. The van der Waals surface area contributed by atoms with Crippen LogP contribution in [0.1, 0.15) is 50.5 Å². The molecule has 11 heteroatoms. The van der Waals surface area contributed by atoms with Gasteiger partial charge in [0.25, 0.3) is 0 Å². The van der Waals surface area contributed by atoms with Crippen molar-refractivity contribution in [2.24, 2.45) is 22.7 Å². The second-order valence-corrected chi connectivity index (χ2v) is 13.1. The van der Waals surface area contributed by atoms with E-state index in [0.29, 0.717) is 5.56 Å². The Morgan fingerprint density at radius 3 is 2.52 bits per heavy atom. The molecule has 0 spiro atoms. The van der Waals surface area contributed by atoms with Gasteiger partial charge in [0.1, 0.15) is 17.2 Å². The van der Waals surface area contributed by atoms with Crippen LogP contribution in [0.2, 0.25) is 0 Å². The molecule has 6 rings (SSSR count). The molecule has 1 aromatic carbocycles. The highest BCUT2D eigenvalue weighted by molar-refractivity contribution is 8.00. The summed E-state index contributed by atoms with van der Waals surface area (Å²) in [5, 5.41) is 21.0. The van der Waals surface area contributed by atoms with Crippen molar-refractivity contribution in [1.29, 1.82) is 5.26 Å². The Labute approximate surface area is 232 Å². The summed E-state index contributed by atoms with van der Waals surface area (Å²) in [5.74, 6) is -1.89. The van der Waals surface area contributed by atoms with Crippen molar-refractivity contribution >= 4 is 17.5 Å². The molecule has 0 radical (unpaired) electrons. The van der Waals surface area contributed by atoms with Crippen LogP contribution in [0.25, 0.3) is 0 Å². The molecule has 5 aliphatic rings. The number of benzene rings is 1. The first kappa shape index (κ1) is 27.9. The van der Waals surface area contributed by atoms with Gasteiger partial charge in [0, 0.05) is 22.3 Å². The number of hydrogen-bond donors (Lipinski definition) is 1. The standard InChI is InChI=1S/C29H28F5NO4S/c1-25-8-7-17(36)11-20(25)21(30)12-19-18-13-23-28(40-10-9-35,26(18,2)14-22(37)27(19,25)31)39-24(38-23)15-3-5-16(6-4-15)29(32,33)34/h3-8,11,18-19,21-24,37H,10,12-14H2,1-2H3/t18-,19-,21-,22-,23+,24?,25-,26-,27-,28-/m0/s1. The van der Waals surface area contributed by atoms with Crippen LogP contribution in [0.15, 0.2) is 48.1 Å². The number of rotatable bonds is 3. The maximum Gasteiger partial charge on any atom is 0.416 e. The number of aliphatic hydroxyl groups is 1. The summed E-state index contributed by atoms with van der Waals surface area (Å²) in [6, 6.07) is 6.51. The molecular weight excluding hydrogens is 553 g/mol. The predicted octanol–water partition coefficient (Wildman–Crippen LogP) is 6.00. The first-order chi connectivity index (χ1) is 18.7. The summed E-state index contributed by atoms with van der Waals surface area (Å²) in [4.78, 5) is 10.8. The summed E-state index contributed by atoms with van der Waals surface area (Å²) in [6.07, 6.45) is -5.70. The molecule has 4 fully saturated rings. The van der Waals surface area contributed by atoms with E-state index in [0.717, 1.165) is 18.2 Å². The summed E-state index contributed by atoms with van der Waals surface area (Å²) in [5.41, 5.74) is -5.19. The lowest BCUT2D eigenvalue weighted by molar-refractivity contribution is -0.222. The molecule has 1 unspecified atom stereocenters. The van der Waals surface area contributed by atoms with Crippen LogP contribution < -0.4 is 0 Å². The van der Waals surface area contributed by atoms with Crippen LogP contribution >= 0.6 is 11.8 Å². The topological polar surface area (TPSA) is 79.5 Å². The van der Waals surface area contributed by atoms with Gasteiger partial charge in [-0.1, -0.05) is 25.1 Å². The van der Waals surface area contributed by atoms with Crippen molar-refractivity contribution in [1.82, 2.24) is 0 Å². The van der Waals surface area contributed by atoms with Crippen molar-refractivity contribution in [3.05, 3.63) is 59.2 Å². The van der Waals surface area contributed by atoms with Gasteiger partial charge >= 0.3 is 6.18 Å². The van der Waals surface area contributed by atoms with Crippen LogP contribution in [-0.2, 0) is 20.4 Å². The third kappa shape index (κ3) is 3.52. The largest absolute Gasteiger partial charge is 0.416 e. The minimum absolute atomic E-state index is 0.00931. The van der Waals surface area contributed by atoms with Crippen molar-refractivity contribution in [3.63, 3.8) is 0 Å². The lowest BCUT2D eigenvalue weighted by Crippen LogP contribution is -2.69. The predicted molar refractivity (Wildman–Crippen MR) is 135 cm³/mol. The number of fused-ring (bicyclic) bond motifs is 7. The van der Waals surface area contributed by atoms with Crippen LogP contribution in [-0.4, -0.2) is 45.6 Å². The number of nitrogens with zero attached hydrogens (tertiary/aromatic N) is 1. The lowest BCUT2D eigenvalue weighted by atomic mass is 9.45. The van der Waals surface area contributed by atoms with Crippen LogP contribution in [0.5, 0.6) is 0 Å². The van der Waals surface area contributed by atoms with Crippen LogP contribution in [0.3, 0.4) is 0 Å². The molecule has 1 saturated heterocycles. The maximum atomic E-state index is 17.4. The average Bonchev–Trinajstić information content (AvgIpc) is 3.37. The molecule has 1 heterocycles. The fourth-order valence-electron chi connectivity index (χ4n) is 8.24. The van der Waals surface area contributed by atoms with E-state index in [1.165, 1.54) is 43.0 Å². The van der Waals surface area contributed by atoms with E-state index in [4.69, 9.17) is 9.47 Å². The van der Waals surface area contributed by atoms with Crippen molar-refractivity contribution in [2.75, 3.05) is 5.75 Å². The number of nitriles is 1. The monoisotopic (exact) mass is 581 g/mol. The zero-order chi connectivity index (χ0) is 28.9. The molecule has 4 aliphatic carbocycles. The molecular formula is C29H28F5NO4S. The minimum atomic E-state index is -4.51. The van der Waals surface area contributed by atoms with Crippen molar-refractivity contribution in [2.45, 2.75) is 74.6 Å². The second-order valence-electron chi connectivity index (χ2n) is 11.9. The molecule has 1 aromatic rings. The van der Waals surface area contributed by atoms with Crippen LogP contribution in [0.4, 0.5) is 22.0 Å². The Morgan fingerprint density at radius 1 is 1.18 bits per heavy atom. The first-order valence-electron chi connectivity index (χ1n) is 13.2. The Morgan fingerprint density at radius 2 is 1.88 bits per heavy atom. The minimum Gasteiger partial charge on any atom is -0.390 e. The maximum absolute atomic E-state index is 17.4. The SMILES string of the molecule is C[C@]12C=CC(=O)C=C1[C@@H](F)C[C@H]1[C@@H]3C[C@H]4OC(c5ccc(C(F)(F)F)cc5)O[C@@]4(SCC#N)[C@@]3(C)C[C@H](O)[C@@]12F. The number of hydrogen-bond acceptors (Lipinski definition) is 6. The molecule has 10 atom stereocenters. The molecule has 0 aromatic heterocycles. The van der Waals surface area contributed by atoms with Gasteiger partial charge in [0.05, 0.1) is 23.5 Å². The zero-order valence-electron chi connectivity index (χ0n) is 21.8. The number of carbonyl (C=O) groups is 1. The molecule has 1 aliphatic heterocycles. The number of aliphatic hydroxyl groups excluding tert-OH is 1. The normalized spacial score (nSPS) is 45.7. The molecule has 3 saturated carbocycles. The smallest absolute Gasteiger partial charge is 0.390 e. The van der Waals surface area contributed by atoms with E-state index in [-0.39, 0.29) is 30.6 Å². The number of ketones is 1. The summed E-state index contributed by atoms with van der Waals surface area (Å²) >= 11 is 1.17. The Kier molecular flexibility index (Phi) is 6.18. The van der Waals surface area contributed by atoms with E-state index in [1.54, 1.807) is 0 Å². The summed E-state index contributed by atoms with van der Waals surface area (Å²) in [6.45, 7) is 3.36. The van der Waals surface area contributed by atoms with Gasteiger partial charge < -0.3 is 14.6 Å². The number of alkyl halides is 5. The average molecular weight is 582 g/mol.